The molecule has 1 aliphatic heterocycles. The topological polar surface area (TPSA) is 140 Å². The van der Waals surface area contributed by atoms with Crippen molar-refractivity contribution in [3.63, 3.8) is 0 Å². The van der Waals surface area contributed by atoms with Crippen molar-refractivity contribution in [2.24, 2.45) is 4.99 Å². The Morgan fingerprint density at radius 2 is 1.80 bits per heavy atom. The van der Waals surface area contributed by atoms with E-state index in [4.69, 9.17) is 4.74 Å². The van der Waals surface area contributed by atoms with Crippen LogP contribution in [0.3, 0.4) is 0 Å². The van der Waals surface area contributed by atoms with Gasteiger partial charge in [-0.15, -0.1) is 0 Å². The Morgan fingerprint density at radius 1 is 1.07 bits per heavy atom. The van der Waals surface area contributed by atoms with Gasteiger partial charge >= 0.3 is 0 Å². The molecule has 5 N–H and O–H groups in total. The van der Waals surface area contributed by atoms with Crippen LogP contribution in [-0.2, 0) is 14.3 Å². The van der Waals surface area contributed by atoms with E-state index in [0.717, 1.165) is 0 Å². The number of amides is 2. The van der Waals surface area contributed by atoms with E-state index in [1.54, 1.807) is 37.3 Å². The van der Waals surface area contributed by atoms with Crippen LogP contribution in [0.15, 0.2) is 47.5 Å². The van der Waals surface area contributed by atoms with E-state index in [-0.39, 0.29) is 29.6 Å². The van der Waals surface area contributed by atoms with Crippen LogP contribution in [0.5, 0.6) is 17.2 Å². The Bertz CT molecular complexity index is 975. The van der Waals surface area contributed by atoms with E-state index in [9.17, 15) is 24.9 Å². The lowest BCUT2D eigenvalue weighted by molar-refractivity contribution is -0.131. The molecule has 158 valence electrons. The number of nitrogens with one attached hydrogen (secondary N) is 2. The molecule has 2 aromatic carbocycles. The number of anilines is 1. The molecule has 0 aliphatic carbocycles. The fourth-order valence-corrected chi connectivity index (χ4v) is 2.98. The van der Waals surface area contributed by atoms with Crippen molar-refractivity contribution in [2.75, 3.05) is 11.9 Å². The normalized spacial score (nSPS) is 17.7. The summed E-state index contributed by atoms with van der Waals surface area (Å²) in [5.74, 6) is -1.38. The van der Waals surface area contributed by atoms with E-state index < -0.39 is 24.0 Å². The lowest BCUT2D eigenvalue weighted by Crippen LogP contribution is -2.41. The Morgan fingerprint density at radius 3 is 2.57 bits per heavy atom. The maximum Gasteiger partial charge on any atom is 0.255 e. The van der Waals surface area contributed by atoms with Crippen LogP contribution >= 0.6 is 0 Å². The molecule has 3 rings (SSSR count). The Hall–Kier alpha value is -3.75. The van der Waals surface area contributed by atoms with Crippen LogP contribution in [0.2, 0.25) is 0 Å². The summed E-state index contributed by atoms with van der Waals surface area (Å²) in [6.07, 6.45) is -0.101. The zero-order valence-electron chi connectivity index (χ0n) is 16.3. The van der Waals surface area contributed by atoms with Crippen molar-refractivity contribution in [2.45, 2.75) is 31.9 Å². The molecule has 2 unspecified atom stereocenters. The summed E-state index contributed by atoms with van der Waals surface area (Å²) >= 11 is 0. The highest BCUT2D eigenvalue weighted by atomic mass is 16.5. The third-order valence-corrected chi connectivity index (χ3v) is 4.57. The first-order valence-corrected chi connectivity index (χ1v) is 9.48. The predicted octanol–water partition coefficient (Wildman–Crippen LogP) is 1.87. The summed E-state index contributed by atoms with van der Waals surface area (Å²) in [5, 5.41) is 34.3. The fourth-order valence-electron chi connectivity index (χ4n) is 2.98. The van der Waals surface area contributed by atoms with Gasteiger partial charge in [0.15, 0.2) is 17.5 Å². The quantitative estimate of drug-likeness (QED) is 0.345. The van der Waals surface area contributed by atoms with Crippen LogP contribution in [0.4, 0.5) is 5.69 Å². The van der Waals surface area contributed by atoms with Crippen molar-refractivity contribution in [1.29, 1.82) is 0 Å². The molecule has 2 atom stereocenters. The van der Waals surface area contributed by atoms with E-state index in [1.807, 2.05) is 0 Å². The first-order valence-electron chi connectivity index (χ1n) is 9.48. The summed E-state index contributed by atoms with van der Waals surface area (Å²) in [4.78, 5) is 28.7. The van der Waals surface area contributed by atoms with Crippen LogP contribution < -0.4 is 10.6 Å². The summed E-state index contributed by atoms with van der Waals surface area (Å²) in [6, 6.07) is 10.1. The molecule has 30 heavy (non-hydrogen) atoms. The molecule has 2 amide bonds. The molecular formula is C21H23N3O6. The lowest BCUT2D eigenvalue weighted by Gasteiger charge is -2.12. The van der Waals surface area contributed by atoms with Crippen LogP contribution in [-0.4, -0.2) is 51.7 Å². The van der Waals surface area contributed by atoms with Gasteiger partial charge in [0.1, 0.15) is 11.9 Å². The molecule has 0 saturated heterocycles. The number of benzene rings is 2. The number of carbonyl (C=O) groups is 2. The highest BCUT2D eigenvalue weighted by Crippen LogP contribution is 2.32. The molecular weight excluding hydrogens is 390 g/mol. The van der Waals surface area contributed by atoms with Gasteiger partial charge in [-0.3, -0.25) is 14.9 Å². The van der Waals surface area contributed by atoms with Gasteiger partial charge in [0.05, 0.1) is 11.3 Å². The first kappa shape index (κ1) is 21.0. The Kier molecular flexibility index (Phi) is 6.41. The highest BCUT2D eigenvalue weighted by Gasteiger charge is 2.35. The molecule has 0 spiro atoms. The summed E-state index contributed by atoms with van der Waals surface area (Å²) < 4.78 is 5.58. The van der Waals surface area contributed by atoms with Crippen LogP contribution in [0, 0.1) is 0 Å². The van der Waals surface area contributed by atoms with Gasteiger partial charge in [0, 0.05) is 13.0 Å². The number of aliphatic imine (C=N–C) groups is 1. The minimum atomic E-state index is -0.897. The second-order valence-electron chi connectivity index (χ2n) is 6.84. The zero-order valence-corrected chi connectivity index (χ0v) is 16.3. The minimum Gasteiger partial charge on any atom is -0.507 e. The van der Waals surface area contributed by atoms with Gasteiger partial charge < -0.3 is 25.4 Å². The third-order valence-electron chi connectivity index (χ3n) is 4.57. The number of ether oxygens (including phenoxy) is 1. The van der Waals surface area contributed by atoms with Gasteiger partial charge in [-0.25, -0.2) is 4.99 Å². The van der Waals surface area contributed by atoms with Gasteiger partial charge in [0.25, 0.3) is 5.91 Å². The maximum atomic E-state index is 12.4. The first-order chi connectivity index (χ1) is 14.4. The number of hydrogen-bond donors (Lipinski definition) is 5. The average Bonchev–Trinajstić information content (AvgIpc) is 3.10. The summed E-state index contributed by atoms with van der Waals surface area (Å²) in [6.45, 7) is 2.02. The van der Waals surface area contributed by atoms with Crippen molar-refractivity contribution < 1.29 is 29.6 Å². The molecule has 2 aromatic rings. The van der Waals surface area contributed by atoms with Gasteiger partial charge in [-0.2, -0.15) is 0 Å². The molecule has 0 saturated carbocycles. The number of phenols is 3. The Labute approximate surface area is 173 Å². The minimum absolute atomic E-state index is 0.00847. The molecule has 0 radical (unpaired) electrons. The number of nitrogens with zero attached hydrogens (tertiary/aromatic N) is 1. The van der Waals surface area contributed by atoms with Crippen molar-refractivity contribution in [1.82, 2.24) is 5.32 Å². The zero-order chi connectivity index (χ0) is 21.7. The average molecular weight is 413 g/mol. The molecule has 0 aromatic heterocycles. The molecule has 9 nitrogen and oxygen atoms in total. The smallest absolute Gasteiger partial charge is 0.255 e. The van der Waals surface area contributed by atoms with Gasteiger partial charge in [-0.1, -0.05) is 18.2 Å². The maximum absolute atomic E-state index is 12.4. The standard InChI is InChI=1S/C21H23N3O6/c1-12-18(24-21(30-12)13-6-2-3-8-15(13)25)20(29)23-17(27)10-5-11-22-14-7-4-9-16(26)19(14)28/h2-4,6-9,12,18,22,25-26,28H,5,10-11H2,1H3,(H,23,27,29). The number of para-hydroxylation sites is 2. The van der Waals surface area contributed by atoms with Crippen LogP contribution in [0.1, 0.15) is 25.3 Å². The molecule has 0 bridgehead atoms. The third kappa shape index (κ3) is 4.80. The predicted molar refractivity (Wildman–Crippen MR) is 110 cm³/mol. The van der Waals surface area contributed by atoms with E-state index >= 15 is 0 Å². The van der Waals surface area contributed by atoms with Crippen LogP contribution in [0.25, 0.3) is 0 Å². The molecule has 0 fully saturated rings. The second-order valence-corrected chi connectivity index (χ2v) is 6.84. The van der Waals surface area contributed by atoms with Gasteiger partial charge in [-0.05, 0) is 37.6 Å². The van der Waals surface area contributed by atoms with E-state index in [1.165, 1.54) is 12.1 Å². The van der Waals surface area contributed by atoms with Crippen molar-refractivity contribution >= 4 is 23.4 Å². The second kappa shape index (κ2) is 9.17. The van der Waals surface area contributed by atoms with Gasteiger partial charge in [0.2, 0.25) is 11.8 Å². The number of rotatable bonds is 7. The highest BCUT2D eigenvalue weighted by molar-refractivity contribution is 6.03. The number of imide groups is 1. The SMILES string of the molecule is CC1OC(c2ccccc2O)=NC1C(=O)NC(=O)CCCNc1cccc(O)c1O. The lowest BCUT2D eigenvalue weighted by atomic mass is 10.2. The fraction of sp³-hybridized carbons (Fsp3) is 0.286. The van der Waals surface area contributed by atoms with Crippen molar-refractivity contribution in [3.05, 3.63) is 48.0 Å². The number of carbonyl (C=O) groups excluding carboxylic acids is 2. The number of aromatic hydroxyl groups is 3. The summed E-state index contributed by atoms with van der Waals surface area (Å²) in [5.41, 5.74) is 0.738. The summed E-state index contributed by atoms with van der Waals surface area (Å²) in [7, 11) is 0. The molecule has 1 heterocycles. The van der Waals surface area contributed by atoms with E-state index in [0.29, 0.717) is 24.2 Å². The van der Waals surface area contributed by atoms with Crippen molar-refractivity contribution in [3.8, 4) is 17.2 Å². The Balaban J connectivity index is 1.49. The molecule has 9 heteroatoms. The largest absolute Gasteiger partial charge is 0.507 e. The monoisotopic (exact) mass is 413 g/mol. The van der Waals surface area contributed by atoms with E-state index in [2.05, 4.69) is 15.6 Å². The molecule has 1 aliphatic rings. The number of hydrogen-bond acceptors (Lipinski definition) is 8. The number of phenolic OH excluding ortho intramolecular Hbond substituents is 3.